The first-order valence-electron chi connectivity index (χ1n) is 7.09. The van der Waals surface area contributed by atoms with Crippen molar-refractivity contribution in [3.8, 4) is 0 Å². The Hall–Kier alpha value is -1.97. The summed E-state index contributed by atoms with van der Waals surface area (Å²) < 4.78 is 0. The molecule has 0 aromatic heterocycles. The van der Waals surface area contributed by atoms with Gasteiger partial charge in [-0.3, -0.25) is 9.59 Å². The highest BCUT2D eigenvalue weighted by molar-refractivity contribution is 6.43. The Morgan fingerprint density at radius 1 is 1.14 bits per heavy atom. The molecule has 2 saturated carbocycles. The maximum atomic E-state index is 11.6. The Balaban J connectivity index is 0.000000161. The van der Waals surface area contributed by atoms with Crippen LogP contribution in [0.15, 0.2) is 30.3 Å². The van der Waals surface area contributed by atoms with Gasteiger partial charge < -0.3 is 5.11 Å². The van der Waals surface area contributed by atoms with E-state index in [2.05, 4.69) is 0 Å². The van der Waals surface area contributed by atoms with E-state index in [0.717, 1.165) is 12.8 Å². The molecule has 4 heteroatoms. The summed E-state index contributed by atoms with van der Waals surface area (Å²) in [6.45, 7) is 6.04. The molecular formula is C17H20O4. The summed E-state index contributed by atoms with van der Waals surface area (Å²) in [6, 6.07) is 8.30. The van der Waals surface area contributed by atoms with Gasteiger partial charge in [0.1, 0.15) is 0 Å². The van der Waals surface area contributed by atoms with Crippen LogP contribution >= 0.6 is 0 Å². The number of fused-ring (bicyclic) bond motifs is 2. The van der Waals surface area contributed by atoms with Crippen molar-refractivity contribution in [3.05, 3.63) is 35.9 Å². The second kappa shape index (κ2) is 5.10. The molecule has 0 aliphatic heterocycles. The van der Waals surface area contributed by atoms with Crippen LogP contribution in [-0.2, 0) is 9.59 Å². The third-order valence-corrected chi connectivity index (χ3v) is 5.29. The summed E-state index contributed by atoms with van der Waals surface area (Å²) in [5.74, 6) is -1.11. The lowest BCUT2D eigenvalue weighted by Crippen LogP contribution is -2.33. The van der Waals surface area contributed by atoms with Crippen molar-refractivity contribution in [1.29, 1.82) is 0 Å². The minimum atomic E-state index is -0.879. The van der Waals surface area contributed by atoms with Gasteiger partial charge in [0.05, 0.1) is 5.56 Å². The van der Waals surface area contributed by atoms with Crippen molar-refractivity contribution in [2.75, 3.05) is 0 Å². The number of Topliss-reactive ketones (excluding diaryl/α,β-unsaturated/α-hetero) is 2. The van der Waals surface area contributed by atoms with Crippen LogP contribution < -0.4 is 0 Å². The minimum absolute atomic E-state index is 0.00926. The number of carbonyl (C=O) groups is 3. The number of hydrogen-bond acceptors (Lipinski definition) is 3. The number of hydrogen-bond donors (Lipinski definition) is 1. The highest BCUT2D eigenvalue weighted by atomic mass is 16.4. The lowest BCUT2D eigenvalue weighted by Gasteiger charge is -2.31. The zero-order valence-electron chi connectivity index (χ0n) is 12.6. The van der Waals surface area contributed by atoms with E-state index >= 15 is 0 Å². The number of carboxylic acid groups (broad SMARTS) is 1. The first-order valence-corrected chi connectivity index (χ1v) is 7.09. The fraction of sp³-hybridized carbons (Fsp3) is 0.471. The van der Waals surface area contributed by atoms with Gasteiger partial charge >= 0.3 is 5.97 Å². The number of ketones is 2. The summed E-state index contributed by atoms with van der Waals surface area (Å²) in [5, 5.41) is 8.38. The number of rotatable bonds is 1. The van der Waals surface area contributed by atoms with Crippen LogP contribution in [-0.4, -0.2) is 22.6 Å². The molecule has 2 bridgehead atoms. The average Bonchev–Trinajstić information content (AvgIpc) is 2.75. The van der Waals surface area contributed by atoms with Crippen molar-refractivity contribution >= 4 is 17.5 Å². The molecule has 112 valence electrons. The largest absolute Gasteiger partial charge is 0.478 e. The quantitative estimate of drug-likeness (QED) is 0.806. The molecule has 2 aliphatic rings. The van der Waals surface area contributed by atoms with Gasteiger partial charge in [0.15, 0.2) is 0 Å². The van der Waals surface area contributed by atoms with Crippen molar-refractivity contribution < 1.29 is 19.5 Å². The Kier molecular flexibility index (Phi) is 3.74. The summed E-state index contributed by atoms with van der Waals surface area (Å²) in [4.78, 5) is 33.2. The van der Waals surface area contributed by atoms with Crippen LogP contribution in [0.5, 0.6) is 0 Å². The van der Waals surface area contributed by atoms with Gasteiger partial charge in [-0.25, -0.2) is 4.79 Å². The second-order valence-electron chi connectivity index (χ2n) is 6.51. The number of benzene rings is 1. The molecule has 4 nitrogen and oxygen atoms in total. The molecule has 2 unspecified atom stereocenters. The molecule has 0 amide bonds. The van der Waals surface area contributed by atoms with Gasteiger partial charge in [0.25, 0.3) is 0 Å². The molecule has 0 radical (unpaired) electrons. The molecule has 21 heavy (non-hydrogen) atoms. The van der Waals surface area contributed by atoms with Crippen LogP contribution in [0.4, 0.5) is 0 Å². The maximum Gasteiger partial charge on any atom is 0.335 e. The summed E-state index contributed by atoms with van der Waals surface area (Å²) in [5.41, 5.74) is -0.117. The Bertz CT molecular complexity index is 588. The highest BCUT2D eigenvalue weighted by Gasteiger charge is 2.66. The maximum absolute atomic E-state index is 11.6. The molecule has 1 N–H and O–H groups in total. The molecule has 2 atom stereocenters. The second-order valence-corrected chi connectivity index (χ2v) is 6.51. The van der Waals surface area contributed by atoms with Crippen LogP contribution in [0, 0.1) is 16.7 Å². The zero-order chi connectivity index (χ0) is 15.8. The molecule has 0 saturated heterocycles. The normalized spacial score (nSPS) is 29.0. The summed E-state index contributed by atoms with van der Waals surface area (Å²) >= 11 is 0. The average molecular weight is 288 g/mol. The SMILES string of the molecule is CC12CCC(C(=O)C1=O)C2(C)C.O=C(O)c1ccccc1. The Labute approximate surface area is 124 Å². The standard InChI is InChI=1S/C10H14O2.C7H6O2/c1-9(2)6-4-5-10(9,3)8(12)7(6)11;8-7(9)6-4-2-1-3-5-6/h6H,4-5H2,1-3H3;1-5H,(H,8,9). The number of carboxylic acids is 1. The molecular weight excluding hydrogens is 268 g/mol. The topological polar surface area (TPSA) is 71.4 Å². The first-order chi connectivity index (χ1) is 9.72. The fourth-order valence-corrected chi connectivity index (χ4v) is 3.38. The van der Waals surface area contributed by atoms with E-state index < -0.39 is 5.97 Å². The lowest BCUT2D eigenvalue weighted by atomic mass is 9.70. The predicted molar refractivity (Wildman–Crippen MR) is 78.0 cm³/mol. The van der Waals surface area contributed by atoms with Gasteiger partial charge in [-0.05, 0) is 30.4 Å². The van der Waals surface area contributed by atoms with Crippen molar-refractivity contribution in [2.24, 2.45) is 16.7 Å². The molecule has 0 spiro atoms. The van der Waals surface area contributed by atoms with Crippen molar-refractivity contribution in [2.45, 2.75) is 33.6 Å². The van der Waals surface area contributed by atoms with Crippen molar-refractivity contribution in [3.63, 3.8) is 0 Å². The highest BCUT2D eigenvalue weighted by Crippen LogP contribution is 2.61. The molecule has 3 rings (SSSR count). The van der Waals surface area contributed by atoms with Crippen LogP contribution in [0.25, 0.3) is 0 Å². The number of aromatic carboxylic acids is 1. The first kappa shape index (κ1) is 15.4. The van der Waals surface area contributed by atoms with Gasteiger partial charge in [-0.1, -0.05) is 39.0 Å². The third-order valence-electron chi connectivity index (χ3n) is 5.29. The Morgan fingerprint density at radius 2 is 1.71 bits per heavy atom. The number of carbonyl (C=O) groups excluding carboxylic acids is 2. The van der Waals surface area contributed by atoms with E-state index in [4.69, 9.17) is 5.11 Å². The molecule has 2 fully saturated rings. The van der Waals surface area contributed by atoms with E-state index in [1.807, 2.05) is 20.8 Å². The van der Waals surface area contributed by atoms with E-state index in [-0.39, 0.29) is 28.3 Å². The smallest absolute Gasteiger partial charge is 0.335 e. The molecule has 1 aromatic rings. The van der Waals surface area contributed by atoms with E-state index in [0.29, 0.717) is 5.56 Å². The lowest BCUT2D eigenvalue weighted by molar-refractivity contribution is -0.141. The third kappa shape index (κ3) is 2.28. The van der Waals surface area contributed by atoms with E-state index in [9.17, 15) is 14.4 Å². The fourth-order valence-electron chi connectivity index (χ4n) is 3.38. The monoisotopic (exact) mass is 288 g/mol. The van der Waals surface area contributed by atoms with Crippen molar-refractivity contribution in [1.82, 2.24) is 0 Å². The van der Waals surface area contributed by atoms with Gasteiger partial charge in [0, 0.05) is 11.3 Å². The van der Waals surface area contributed by atoms with Crippen LogP contribution in [0.2, 0.25) is 0 Å². The van der Waals surface area contributed by atoms with Gasteiger partial charge in [-0.2, -0.15) is 0 Å². The van der Waals surface area contributed by atoms with Crippen LogP contribution in [0.3, 0.4) is 0 Å². The van der Waals surface area contributed by atoms with E-state index in [1.54, 1.807) is 30.3 Å². The molecule has 1 aromatic carbocycles. The summed E-state index contributed by atoms with van der Waals surface area (Å²) in [7, 11) is 0. The van der Waals surface area contributed by atoms with E-state index in [1.165, 1.54) is 0 Å². The molecule has 2 aliphatic carbocycles. The van der Waals surface area contributed by atoms with Gasteiger partial charge in [-0.15, -0.1) is 0 Å². The van der Waals surface area contributed by atoms with Crippen LogP contribution in [0.1, 0.15) is 44.0 Å². The zero-order valence-corrected chi connectivity index (χ0v) is 12.6. The predicted octanol–water partition coefficient (Wildman–Crippen LogP) is 2.97. The molecule has 0 heterocycles. The summed E-state index contributed by atoms with van der Waals surface area (Å²) in [6.07, 6.45) is 1.81. The minimum Gasteiger partial charge on any atom is -0.478 e. The van der Waals surface area contributed by atoms with Gasteiger partial charge in [0.2, 0.25) is 11.6 Å². The Morgan fingerprint density at radius 3 is 2.00 bits per heavy atom.